The molecule has 1 unspecified atom stereocenters. The Labute approximate surface area is 111 Å². The molecule has 10 heteroatoms. The fraction of sp³-hybridized carbons (Fsp3) is 0.700. The van der Waals surface area contributed by atoms with Gasteiger partial charge in [0, 0.05) is 5.57 Å². The Morgan fingerprint density at radius 2 is 1.75 bits per heavy atom. The first kappa shape index (κ1) is 18.8. The molecule has 0 N–H and O–H groups in total. The SMILES string of the molecule is CC(=CCC(C#N)S(=O)(=O)CCC(F)(F)F)C(F)(F)F. The second-order valence-corrected chi connectivity index (χ2v) is 6.27. The standard InChI is InChI=1S/C10H11F6NO2S/c1-7(10(14,15)16)2-3-8(6-17)20(18,19)5-4-9(11,12)13/h2,8H,3-5H2,1H3. The smallest absolute Gasteiger partial charge is 0.227 e. The largest absolute Gasteiger partial charge is 0.412 e. The van der Waals surface area contributed by atoms with Gasteiger partial charge in [-0.05, 0) is 13.3 Å². The van der Waals surface area contributed by atoms with Crippen LogP contribution in [0.5, 0.6) is 0 Å². The molecule has 20 heavy (non-hydrogen) atoms. The van der Waals surface area contributed by atoms with E-state index in [1.807, 2.05) is 0 Å². The molecule has 0 aromatic heterocycles. The van der Waals surface area contributed by atoms with Gasteiger partial charge < -0.3 is 0 Å². The fourth-order valence-corrected chi connectivity index (χ4v) is 2.43. The lowest BCUT2D eigenvalue weighted by Gasteiger charge is -2.11. The number of sulfone groups is 1. The minimum Gasteiger partial charge on any atom is -0.227 e. The molecule has 0 aromatic rings. The van der Waals surface area contributed by atoms with Crippen LogP contribution in [0.25, 0.3) is 0 Å². The van der Waals surface area contributed by atoms with Gasteiger partial charge in [0.1, 0.15) is 0 Å². The summed E-state index contributed by atoms with van der Waals surface area (Å²) in [7, 11) is -4.44. The van der Waals surface area contributed by atoms with Gasteiger partial charge in [0.15, 0.2) is 15.1 Å². The quantitative estimate of drug-likeness (QED) is 0.577. The van der Waals surface area contributed by atoms with Crippen molar-refractivity contribution in [1.29, 1.82) is 5.26 Å². The van der Waals surface area contributed by atoms with Crippen molar-refractivity contribution in [1.82, 2.24) is 0 Å². The van der Waals surface area contributed by atoms with E-state index in [0.717, 1.165) is 0 Å². The van der Waals surface area contributed by atoms with Gasteiger partial charge in [-0.15, -0.1) is 0 Å². The number of hydrogen-bond acceptors (Lipinski definition) is 3. The summed E-state index contributed by atoms with van der Waals surface area (Å²) in [6.45, 7) is 0.677. The third-order valence-corrected chi connectivity index (χ3v) is 4.27. The van der Waals surface area contributed by atoms with E-state index < -0.39 is 51.6 Å². The van der Waals surface area contributed by atoms with Crippen LogP contribution in [0.15, 0.2) is 11.6 Å². The van der Waals surface area contributed by atoms with E-state index in [1.165, 1.54) is 6.07 Å². The number of halogens is 6. The first-order chi connectivity index (χ1) is 8.79. The topological polar surface area (TPSA) is 57.9 Å². The van der Waals surface area contributed by atoms with Crippen molar-refractivity contribution in [3.05, 3.63) is 11.6 Å². The Hall–Kier alpha value is -1.24. The molecule has 0 rings (SSSR count). The molecule has 0 bridgehead atoms. The Balaban J connectivity index is 4.90. The van der Waals surface area contributed by atoms with E-state index in [-0.39, 0.29) is 0 Å². The van der Waals surface area contributed by atoms with Crippen LogP contribution in [-0.4, -0.2) is 31.8 Å². The summed E-state index contributed by atoms with van der Waals surface area (Å²) in [5.41, 5.74) is -1.11. The third-order valence-electron chi connectivity index (χ3n) is 2.33. The molecule has 1 atom stereocenters. The highest BCUT2D eigenvalue weighted by Gasteiger charge is 2.34. The molecule has 0 aliphatic carbocycles. The highest BCUT2D eigenvalue weighted by molar-refractivity contribution is 7.92. The number of alkyl halides is 6. The van der Waals surface area contributed by atoms with E-state index >= 15 is 0 Å². The van der Waals surface area contributed by atoms with E-state index in [4.69, 9.17) is 5.26 Å². The molecule has 0 amide bonds. The lowest BCUT2D eigenvalue weighted by Crippen LogP contribution is -2.25. The van der Waals surface area contributed by atoms with E-state index in [1.54, 1.807) is 0 Å². The Morgan fingerprint density at radius 1 is 1.25 bits per heavy atom. The second kappa shape index (κ2) is 6.47. The van der Waals surface area contributed by atoms with Crippen molar-refractivity contribution in [3.63, 3.8) is 0 Å². The zero-order chi connectivity index (χ0) is 16.2. The van der Waals surface area contributed by atoms with Gasteiger partial charge in [-0.1, -0.05) is 6.08 Å². The Kier molecular flexibility index (Phi) is 6.07. The predicted molar refractivity (Wildman–Crippen MR) is 58.3 cm³/mol. The maximum absolute atomic E-state index is 12.2. The van der Waals surface area contributed by atoms with Crippen molar-refractivity contribution in [2.24, 2.45) is 0 Å². The number of nitrogens with zero attached hydrogens (tertiary/aromatic N) is 1. The summed E-state index contributed by atoms with van der Waals surface area (Å²) in [5.74, 6) is -1.33. The van der Waals surface area contributed by atoms with Crippen molar-refractivity contribution >= 4 is 9.84 Å². The first-order valence-electron chi connectivity index (χ1n) is 5.21. The molecule has 0 aliphatic rings. The summed E-state index contributed by atoms with van der Waals surface area (Å²) >= 11 is 0. The average molecular weight is 323 g/mol. The molecule has 0 aliphatic heterocycles. The van der Waals surface area contributed by atoms with E-state index in [9.17, 15) is 34.8 Å². The van der Waals surface area contributed by atoms with Gasteiger partial charge in [0.25, 0.3) is 0 Å². The summed E-state index contributed by atoms with van der Waals surface area (Å²) < 4.78 is 95.1. The van der Waals surface area contributed by atoms with Crippen LogP contribution in [0.1, 0.15) is 19.8 Å². The van der Waals surface area contributed by atoms with Gasteiger partial charge in [0.05, 0.1) is 18.2 Å². The van der Waals surface area contributed by atoms with Crippen molar-refractivity contribution < 1.29 is 34.8 Å². The predicted octanol–water partition coefficient (Wildman–Crippen LogP) is 3.14. The summed E-state index contributed by atoms with van der Waals surface area (Å²) in [6, 6.07) is 1.22. The van der Waals surface area contributed by atoms with E-state index in [2.05, 4.69) is 0 Å². The molecule has 0 aromatic carbocycles. The van der Waals surface area contributed by atoms with Crippen LogP contribution in [0.3, 0.4) is 0 Å². The molecule has 3 nitrogen and oxygen atoms in total. The molecular weight excluding hydrogens is 312 g/mol. The zero-order valence-corrected chi connectivity index (χ0v) is 11.0. The lowest BCUT2D eigenvalue weighted by atomic mass is 10.2. The van der Waals surface area contributed by atoms with Gasteiger partial charge in [-0.2, -0.15) is 31.6 Å². The average Bonchev–Trinajstić information content (AvgIpc) is 2.24. The number of allylic oxidation sites excluding steroid dienone is 2. The van der Waals surface area contributed by atoms with Crippen LogP contribution in [-0.2, 0) is 9.84 Å². The van der Waals surface area contributed by atoms with Crippen molar-refractivity contribution in [3.8, 4) is 6.07 Å². The van der Waals surface area contributed by atoms with Gasteiger partial charge >= 0.3 is 12.4 Å². The monoisotopic (exact) mass is 323 g/mol. The van der Waals surface area contributed by atoms with Gasteiger partial charge in [0.2, 0.25) is 0 Å². The van der Waals surface area contributed by atoms with Crippen LogP contribution < -0.4 is 0 Å². The molecule has 0 saturated carbocycles. The molecule has 0 saturated heterocycles. The van der Waals surface area contributed by atoms with Crippen LogP contribution in [0.2, 0.25) is 0 Å². The first-order valence-corrected chi connectivity index (χ1v) is 6.93. The van der Waals surface area contributed by atoms with Crippen LogP contribution in [0.4, 0.5) is 26.3 Å². The van der Waals surface area contributed by atoms with Crippen molar-refractivity contribution in [2.75, 3.05) is 5.75 Å². The molecular formula is C10H11F6NO2S. The minimum absolute atomic E-state index is 0.485. The number of hydrogen-bond donors (Lipinski definition) is 0. The summed E-state index contributed by atoms with van der Waals surface area (Å²) in [6.07, 6.45) is -11.4. The van der Waals surface area contributed by atoms with Gasteiger partial charge in [-0.25, -0.2) is 8.42 Å². The normalized spacial score (nSPS) is 15.8. The molecule has 116 valence electrons. The summed E-state index contributed by atoms with van der Waals surface area (Å²) in [5, 5.41) is 6.66. The molecule has 0 spiro atoms. The van der Waals surface area contributed by atoms with Crippen molar-refractivity contribution in [2.45, 2.75) is 37.4 Å². The summed E-state index contributed by atoms with van der Waals surface area (Å²) in [4.78, 5) is 0. The van der Waals surface area contributed by atoms with E-state index in [0.29, 0.717) is 13.0 Å². The highest BCUT2D eigenvalue weighted by atomic mass is 32.2. The molecule has 0 heterocycles. The lowest BCUT2D eigenvalue weighted by molar-refractivity contribution is -0.129. The van der Waals surface area contributed by atoms with Gasteiger partial charge in [-0.3, -0.25) is 0 Å². The van der Waals surface area contributed by atoms with Crippen LogP contribution in [0, 0.1) is 11.3 Å². The number of nitriles is 1. The Bertz CT molecular complexity index is 497. The Morgan fingerprint density at radius 3 is 2.10 bits per heavy atom. The molecule has 0 radical (unpaired) electrons. The number of rotatable bonds is 5. The highest BCUT2D eigenvalue weighted by Crippen LogP contribution is 2.26. The minimum atomic E-state index is -4.72. The maximum Gasteiger partial charge on any atom is 0.412 e. The molecule has 0 fully saturated rings. The fourth-order valence-electron chi connectivity index (χ4n) is 1.08. The second-order valence-electron chi connectivity index (χ2n) is 3.97. The van der Waals surface area contributed by atoms with Crippen LogP contribution >= 0.6 is 0 Å². The third kappa shape index (κ3) is 6.79. The zero-order valence-electron chi connectivity index (χ0n) is 10.2. The maximum atomic E-state index is 12.2.